The lowest BCUT2D eigenvalue weighted by Gasteiger charge is -2.10. The first-order valence-electron chi connectivity index (χ1n) is 9.21. The number of hydrogen-bond donors (Lipinski definition) is 2. The lowest BCUT2D eigenvalue weighted by molar-refractivity contribution is -0.115. The third-order valence-electron chi connectivity index (χ3n) is 4.51. The molecule has 0 atom stereocenters. The molecular weight excluding hydrogens is 391 g/mol. The average molecular weight is 410 g/mol. The van der Waals surface area contributed by atoms with E-state index < -0.39 is 17.6 Å². The zero-order chi connectivity index (χ0) is 21.3. The maximum atomic E-state index is 14.5. The Kier molecular flexibility index (Phi) is 5.09. The Morgan fingerprint density at radius 2 is 1.90 bits per heavy atom. The van der Waals surface area contributed by atoms with Crippen molar-refractivity contribution in [3.05, 3.63) is 65.2 Å². The van der Waals surface area contributed by atoms with Gasteiger partial charge in [0.1, 0.15) is 5.69 Å². The van der Waals surface area contributed by atoms with Gasteiger partial charge in [0, 0.05) is 16.9 Å². The fourth-order valence-corrected chi connectivity index (χ4v) is 3.13. The number of halogens is 1. The van der Waals surface area contributed by atoms with Gasteiger partial charge >= 0.3 is 0 Å². The first-order valence-corrected chi connectivity index (χ1v) is 9.21. The summed E-state index contributed by atoms with van der Waals surface area (Å²) >= 11 is 0. The van der Waals surface area contributed by atoms with Crippen molar-refractivity contribution in [1.82, 2.24) is 15.1 Å². The molecule has 2 aromatic carbocycles. The Morgan fingerprint density at radius 3 is 2.63 bits per heavy atom. The van der Waals surface area contributed by atoms with E-state index >= 15 is 0 Å². The molecule has 0 aliphatic carbocycles. The summed E-state index contributed by atoms with van der Waals surface area (Å²) in [7, 11) is 0. The molecule has 30 heavy (non-hydrogen) atoms. The molecule has 4 rings (SSSR count). The third-order valence-corrected chi connectivity index (χ3v) is 4.51. The molecule has 1 aliphatic rings. The first-order chi connectivity index (χ1) is 14.4. The van der Waals surface area contributed by atoms with E-state index in [0.717, 1.165) is 11.4 Å². The molecule has 154 valence electrons. The summed E-state index contributed by atoms with van der Waals surface area (Å²) < 4.78 is 26.4. The number of aryl methyl sites for hydroxylation is 2. The van der Waals surface area contributed by atoms with Crippen LogP contribution in [0.2, 0.25) is 0 Å². The van der Waals surface area contributed by atoms with E-state index in [0.29, 0.717) is 17.1 Å². The van der Waals surface area contributed by atoms with E-state index in [1.165, 1.54) is 16.8 Å². The SMILES string of the molecule is Cc1cc(C)n(-c2ccc(NC(=O)CNC(=O)c3ccc4c(c3)OCO4)cc2F)n1. The molecule has 0 unspecified atom stereocenters. The molecule has 2 heterocycles. The van der Waals surface area contributed by atoms with Crippen LogP contribution in [0.15, 0.2) is 42.5 Å². The van der Waals surface area contributed by atoms with Crippen LogP contribution in [0, 0.1) is 19.7 Å². The van der Waals surface area contributed by atoms with E-state index in [2.05, 4.69) is 15.7 Å². The molecule has 2 N–H and O–H groups in total. The van der Waals surface area contributed by atoms with Crippen LogP contribution in [0.1, 0.15) is 21.7 Å². The normalized spacial score (nSPS) is 12.0. The maximum Gasteiger partial charge on any atom is 0.251 e. The largest absolute Gasteiger partial charge is 0.454 e. The van der Waals surface area contributed by atoms with Crippen LogP contribution < -0.4 is 20.1 Å². The molecule has 3 aromatic rings. The van der Waals surface area contributed by atoms with Gasteiger partial charge in [-0.3, -0.25) is 9.59 Å². The Balaban J connectivity index is 1.36. The summed E-state index contributed by atoms with van der Waals surface area (Å²) in [6, 6.07) is 10.9. The van der Waals surface area contributed by atoms with E-state index in [1.807, 2.05) is 19.9 Å². The topological polar surface area (TPSA) is 94.5 Å². The molecule has 9 heteroatoms. The van der Waals surface area contributed by atoms with Gasteiger partial charge in [0.25, 0.3) is 5.91 Å². The van der Waals surface area contributed by atoms with Crippen molar-refractivity contribution >= 4 is 17.5 Å². The smallest absolute Gasteiger partial charge is 0.251 e. The second kappa shape index (κ2) is 7.86. The number of rotatable bonds is 5. The standard InChI is InChI=1S/C21H19FN4O4/c1-12-7-13(2)26(25-12)17-5-4-15(9-16(17)22)24-20(27)10-23-21(28)14-3-6-18-19(8-14)30-11-29-18/h3-9H,10-11H2,1-2H3,(H,23,28)(H,24,27). The van der Waals surface area contributed by atoms with Crippen LogP contribution in [0.4, 0.5) is 10.1 Å². The number of nitrogens with zero attached hydrogens (tertiary/aromatic N) is 2. The van der Waals surface area contributed by atoms with Gasteiger partial charge in [-0.05, 0) is 56.3 Å². The zero-order valence-electron chi connectivity index (χ0n) is 16.4. The predicted molar refractivity (Wildman–Crippen MR) is 107 cm³/mol. The van der Waals surface area contributed by atoms with Crippen LogP contribution >= 0.6 is 0 Å². The summed E-state index contributed by atoms with van der Waals surface area (Å²) in [6.07, 6.45) is 0. The molecule has 1 aromatic heterocycles. The quantitative estimate of drug-likeness (QED) is 0.675. The van der Waals surface area contributed by atoms with Crippen molar-refractivity contribution in [2.75, 3.05) is 18.7 Å². The molecule has 0 saturated carbocycles. The number of benzene rings is 2. The fraction of sp³-hybridized carbons (Fsp3) is 0.190. The molecule has 0 spiro atoms. The minimum Gasteiger partial charge on any atom is -0.454 e. The van der Waals surface area contributed by atoms with Crippen LogP contribution in [0.3, 0.4) is 0 Å². The highest BCUT2D eigenvalue weighted by atomic mass is 19.1. The van der Waals surface area contributed by atoms with Crippen molar-refractivity contribution in [3.8, 4) is 17.2 Å². The van der Waals surface area contributed by atoms with Gasteiger partial charge in [0.05, 0.1) is 12.2 Å². The number of hydrogen-bond acceptors (Lipinski definition) is 5. The van der Waals surface area contributed by atoms with Crippen LogP contribution in [0.5, 0.6) is 11.5 Å². The van der Waals surface area contributed by atoms with Crippen molar-refractivity contribution < 1.29 is 23.5 Å². The average Bonchev–Trinajstić information content (AvgIpc) is 3.31. The molecule has 0 bridgehead atoms. The van der Waals surface area contributed by atoms with E-state index in [1.54, 1.807) is 24.3 Å². The summed E-state index contributed by atoms with van der Waals surface area (Å²) in [5.74, 6) is -0.402. The summed E-state index contributed by atoms with van der Waals surface area (Å²) in [5, 5.41) is 9.33. The molecule has 2 amide bonds. The fourth-order valence-electron chi connectivity index (χ4n) is 3.13. The number of ether oxygens (including phenoxy) is 2. The monoisotopic (exact) mass is 410 g/mol. The van der Waals surface area contributed by atoms with Gasteiger partial charge in [0.15, 0.2) is 17.3 Å². The van der Waals surface area contributed by atoms with Crippen LogP contribution in [-0.4, -0.2) is 34.9 Å². The van der Waals surface area contributed by atoms with Gasteiger partial charge < -0.3 is 20.1 Å². The number of fused-ring (bicyclic) bond motifs is 1. The number of carbonyl (C=O) groups is 2. The van der Waals surface area contributed by atoms with E-state index in [-0.39, 0.29) is 24.7 Å². The first kappa shape index (κ1) is 19.4. The predicted octanol–water partition coefficient (Wildman–Crippen LogP) is 2.73. The molecule has 0 fully saturated rings. The second-order valence-corrected chi connectivity index (χ2v) is 6.80. The number of aromatic nitrogens is 2. The molecule has 1 aliphatic heterocycles. The Morgan fingerprint density at radius 1 is 1.10 bits per heavy atom. The number of anilines is 1. The summed E-state index contributed by atoms with van der Waals surface area (Å²) in [6.45, 7) is 3.50. The molecule has 8 nitrogen and oxygen atoms in total. The highest BCUT2D eigenvalue weighted by molar-refractivity contribution is 5.99. The lowest BCUT2D eigenvalue weighted by atomic mass is 10.2. The van der Waals surface area contributed by atoms with E-state index in [4.69, 9.17) is 9.47 Å². The Bertz CT molecular complexity index is 1140. The van der Waals surface area contributed by atoms with Crippen molar-refractivity contribution in [1.29, 1.82) is 0 Å². The van der Waals surface area contributed by atoms with Crippen LogP contribution in [0.25, 0.3) is 5.69 Å². The van der Waals surface area contributed by atoms with Gasteiger partial charge in [-0.2, -0.15) is 5.10 Å². The molecule has 0 radical (unpaired) electrons. The van der Waals surface area contributed by atoms with Crippen molar-refractivity contribution in [3.63, 3.8) is 0 Å². The third kappa shape index (κ3) is 3.95. The summed E-state index contributed by atoms with van der Waals surface area (Å²) in [4.78, 5) is 24.4. The van der Waals surface area contributed by atoms with Crippen molar-refractivity contribution in [2.45, 2.75) is 13.8 Å². The Hall–Kier alpha value is -3.88. The van der Waals surface area contributed by atoms with Gasteiger partial charge in [-0.1, -0.05) is 0 Å². The minimum absolute atomic E-state index is 0.109. The number of amides is 2. The minimum atomic E-state index is -0.525. The summed E-state index contributed by atoms with van der Waals surface area (Å²) in [5.41, 5.74) is 2.49. The van der Waals surface area contributed by atoms with Gasteiger partial charge in [0.2, 0.25) is 12.7 Å². The highest BCUT2D eigenvalue weighted by Gasteiger charge is 2.17. The van der Waals surface area contributed by atoms with Crippen LogP contribution in [-0.2, 0) is 4.79 Å². The second-order valence-electron chi connectivity index (χ2n) is 6.80. The number of carbonyl (C=O) groups excluding carboxylic acids is 2. The van der Waals surface area contributed by atoms with Gasteiger partial charge in [-0.15, -0.1) is 0 Å². The van der Waals surface area contributed by atoms with Gasteiger partial charge in [-0.25, -0.2) is 9.07 Å². The van der Waals surface area contributed by atoms with Crippen molar-refractivity contribution in [2.24, 2.45) is 0 Å². The molecular formula is C21H19FN4O4. The lowest BCUT2D eigenvalue weighted by Crippen LogP contribution is -2.32. The zero-order valence-corrected chi connectivity index (χ0v) is 16.4. The Labute approximate surface area is 171 Å². The number of nitrogens with one attached hydrogen (secondary N) is 2. The molecule has 0 saturated heterocycles. The maximum absolute atomic E-state index is 14.5. The highest BCUT2D eigenvalue weighted by Crippen LogP contribution is 2.32. The van der Waals surface area contributed by atoms with E-state index in [9.17, 15) is 14.0 Å².